The third kappa shape index (κ3) is 6.17. The maximum Gasteiger partial charge on any atom is 0.260 e. The van der Waals surface area contributed by atoms with E-state index in [0.29, 0.717) is 41.1 Å². The van der Waals surface area contributed by atoms with E-state index < -0.39 is 52.6 Å². The number of allylic oxidation sites excluding steroid dienone is 2. The molecule has 4 fully saturated rings. The van der Waals surface area contributed by atoms with Gasteiger partial charge in [0, 0.05) is 36.6 Å². The summed E-state index contributed by atoms with van der Waals surface area (Å²) in [6.07, 6.45) is 3.80. The Hall–Kier alpha value is -5.52. The Labute approximate surface area is 341 Å². The zero-order valence-corrected chi connectivity index (χ0v) is 32.8. The molecule has 0 radical (unpaired) electrons. The van der Waals surface area contributed by atoms with Crippen molar-refractivity contribution in [2.75, 3.05) is 25.1 Å². The Morgan fingerprint density at radius 2 is 1.60 bits per heavy atom. The van der Waals surface area contributed by atoms with Gasteiger partial charge in [0.05, 0.1) is 35.5 Å². The van der Waals surface area contributed by atoms with E-state index in [1.165, 1.54) is 40.8 Å². The molecule has 4 aromatic rings. The molecular formula is C46H44ClFN4O6. The number of hydrazine groups is 1. The summed E-state index contributed by atoms with van der Waals surface area (Å²) in [5, 5.41) is 12.3. The number of piperidine rings is 1. The van der Waals surface area contributed by atoms with E-state index in [1.54, 1.807) is 43.3 Å². The van der Waals surface area contributed by atoms with Crippen LogP contribution in [0.3, 0.4) is 0 Å². The molecule has 2 aliphatic carbocycles. The molecule has 4 aromatic carbocycles. The molecule has 1 saturated carbocycles. The highest BCUT2D eigenvalue weighted by molar-refractivity contribution is 6.30. The smallest absolute Gasteiger partial charge is 0.260 e. The van der Waals surface area contributed by atoms with Crippen LogP contribution in [0.2, 0.25) is 5.02 Å². The van der Waals surface area contributed by atoms with Gasteiger partial charge in [-0.2, -0.15) is 5.01 Å². The fourth-order valence-electron chi connectivity index (χ4n) is 10.6. The Morgan fingerprint density at radius 3 is 2.31 bits per heavy atom. The van der Waals surface area contributed by atoms with Crippen molar-refractivity contribution in [2.24, 2.45) is 23.7 Å². The molecule has 0 aromatic heterocycles. The Kier molecular flexibility index (Phi) is 9.84. The molecule has 9 rings (SSSR count). The highest BCUT2D eigenvalue weighted by atomic mass is 35.5. The number of hydrogen-bond acceptors (Lipinski definition) is 8. The first-order chi connectivity index (χ1) is 28.1. The summed E-state index contributed by atoms with van der Waals surface area (Å²) < 4.78 is 19.8. The van der Waals surface area contributed by atoms with Gasteiger partial charge in [0.15, 0.2) is 11.5 Å². The second kappa shape index (κ2) is 15.0. The minimum absolute atomic E-state index is 0.0804. The topological polar surface area (TPSA) is 119 Å². The maximum atomic E-state index is 15.4. The molecular weight excluding hydrogens is 759 g/mol. The first-order valence-electron chi connectivity index (χ1n) is 20.1. The van der Waals surface area contributed by atoms with Crippen LogP contribution in [0, 0.1) is 29.5 Å². The van der Waals surface area contributed by atoms with Crippen LogP contribution in [0.15, 0.2) is 109 Å². The third-order valence-corrected chi connectivity index (χ3v) is 13.3. The standard InChI is InChI=1S/C46H44ClFN4O6/c1-2-58-39-24-28(8-19-38(39)53)41-34-17-18-35-40(44(56)51(42(35)54)33-20-22-50(23-21-33)26-27-6-4-3-5-7-27)36(34)25-37-43(55)52(49-32-15-13-31(48)14-16-32)45(57)46(37,41)29-9-11-30(47)12-10-29/h3-17,19,24,33,35-37,40-41,49,53H,2,18,20-23,25-26H2,1H3/t35-,36+,37-,40-,41-,46+/m0/s1. The molecule has 12 heteroatoms. The molecule has 3 saturated heterocycles. The van der Waals surface area contributed by atoms with Crippen LogP contribution in [0.1, 0.15) is 55.2 Å². The first-order valence-corrected chi connectivity index (χ1v) is 20.4. The molecule has 2 N–H and O–H groups in total. The summed E-state index contributed by atoms with van der Waals surface area (Å²) in [4.78, 5) is 63.5. The predicted octanol–water partition coefficient (Wildman–Crippen LogP) is 7.23. The summed E-state index contributed by atoms with van der Waals surface area (Å²) >= 11 is 6.42. The number of imide groups is 2. The molecule has 5 aliphatic rings. The van der Waals surface area contributed by atoms with Gasteiger partial charge in [-0.15, -0.1) is 0 Å². The Bertz CT molecular complexity index is 2300. The fourth-order valence-corrected chi connectivity index (χ4v) is 10.7. The highest BCUT2D eigenvalue weighted by Crippen LogP contribution is 2.64. The summed E-state index contributed by atoms with van der Waals surface area (Å²) in [6, 6.07) is 27.3. The van der Waals surface area contributed by atoms with Crippen molar-refractivity contribution in [3.8, 4) is 11.5 Å². The lowest BCUT2D eigenvalue weighted by atomic mass is 9.49. The zero-order chi connectivity index (χ0) is 40.3. The summed E-state index contributed by atoms with van der Waals surface area (Å²) in [7, 11) is 0. The van der Waals surface area contributed by atoms with Crippen molar-refractivity contribution < 1.29 is 33.4 Å². The van der Waals surface area contributed by atoms with Crippen LogP contribution in [-0.2, 0) is 31.1 Å². The molecule has 298 valence electrons. The third-order valence-electron chi connectivity index (χ3n) is 13.1. The van der Waals surface area contributed by atoms with E-state index in [-0.39, 0.29) is 42.4 Å². The lowest BCUT2D eigenvalue weighted by Gasteiger charge is -2.50. The molecule has 10 nitrogen and oxygen atoms in total. The van der Waals surface area contributed by atoms with Crippen LogP contribution in [-0.4, -0.2) is 69.3 Å². The number of fused-ring (bicyclic) bond motifs is 4. The monoisotopic (exact) mass is 802 g/mol. The van der Waals surface area contributed by atoms with E-state index in [1.807, 2.05) is 24.3 Å². The van der Waals surface area contributed by atoms with E-state index in [4.69, 9.17) is 16.3 Å². The largest absolute Gasteiger partial charge is 0.504 e. The molecule has 3 aliphatic heterocycles. The van der Waals surface area contributed by atoms with Crippen molar-refractivity contribution in [1.82, 2.24) is 14.8 Å². The molecule has 0 bridgehead atoms. The van der Waals surface area contributed by atoms with E-state index in [9.17, 15) is 23.9 Å². The zero-order valence-electron chi connectivity index (χ0n) is 32.0. The number of nitrogens with zero attached hydrogens (tertiary/aromatic N) is 3. The van der Waals surface area contributed by atoms with E-state index in [0.717, 1.165) is 30.2 Å². The number of anilines is 1. The van der Waals surface area contributed by atoms with Crippen LogP contribution in [0.25, 0.3) is 0 Å². The molecule has 58 heavy (non-hydrogen) atoms. The molecule has 0 spiro atoms. The van der Waals surface area contributed by atoms with Crippen molar-refractivity contribution in [1.29, 1.82) is 0 Å². The van der Waals surface area contributed by atoms with E-state index in [2.05, 4.69) is 22.5 Å². The Balaban J connectivity index is 1.12. The molecule has 6 atom stereocenters. The lowest BCUT2D eigenvalue weighted by molar-refractivity contribution is -0.144. The van der Waals surface area contributed by atoms with Gasteiger partial charge >= 0.3 is 0 Å². The molecule has 4 amide bonds. The van der Waals surface area contributed by atoms with Gasteiger partial charge in [-0.3, -0.25) is 34.4 Å². The van der Waals surface area contributed by atoms with Gasteiger partial charge in [-0.1, -0.05) is 71.8 Å². The van der Waals surface area contributed by atoms with Crippen LogP contribution >= 0.6 is 11.6 Å². The second-order valence-corrected chi connectivity index (χ2v) is 16.5. The number of aromatic hydroxyl groups is 1. The van der Waals surface area contributed by atoms with Crippen LogP contribution in [0.4, 0.5) is 10.1 Å². The number of carbonyl (C=O) groups is 4. The number of halogens is 2. The number of likely N-dealkylation sites (tertiary alicyclic amines) is 2. The number of ether oxygens (including phenoxy) is 1. The van der Waals surface area contributed by atoms with Gasteiger partial charge < -0.3 is 9.84 Å². The Morgan fingerprint density at radius 1 is 0.879 bits per heavy atom. The molecule has 0 unspecified atom stereocenters. The SMILES string of the molecule is CCOc1cc([C@H]2C3=CC[C@@H]4C(=O)N(C5CCN(Cc6ccccc6)CC5)C(=O)[C@@H]4[C@@H]3C[C@H]3C(=O)N(Nc4ccc(F)cc4)C(=O)[C@@]23c2ccc(Cl)cc2)ccc1O. The van der Waals surface area contributed by atoms with Crippen molar-refractivity contribution in [3.05, 3.63) is 136 Å². The average molecular weight is 803 g/mol. The summed E-state index contributed by atoms with van der Waals surface area (Å²) in [5.41, 5.74) is 4.96. The quantitative estimate of drug-likeness (QED) is 0.135. The highest BCUT2D eigenvalue weighted by Gasteiger charge is 2.70. The molecule has 3 heterocycles. The summed E-state index contributed by atoms with van der Waals surface area (Å²) in [6.45, 7) is 4.38. The first kappa shape index (κ1) is 38.0. The van der Waals surface area contributed by atoms with Gasteiger partial charge in [0.25, 0.3) is 11.8 Å². The normalized spacial score (nSPS) is 27.3. The van der Waals surface area contributed by atoms with Gasteiger partial charge in [-0.25, -0.2) is 4.39 Å². The van der Waals surface area contributed by atoms with Crippen LogP contribution in [0.5, 0.6) is 11.5 Å². The number of hydrogen-bond donors (Lipinski definition) is 2. The van der Waals surface area contributed by atoms with Crippen molar-refractivity contribution >= 4 is 40.9 Å². The minimum atomic E-state index is -1.54. The van der Waals surface area contributed by atoms with Gasteiger partial charge in [0.1, 0.15) is 5.82 Å². The van der Waals surface area contributed by atoms with Crippen molar-refractivity contribution in [2.45, 2.75) is 56.5 Å². The predicted molar refractivity (Wildman–Crippen MR) is 215 cm³/mol. The second-order valence-electron chi connectivity index (χ2n) is 16.1. The van der Waals surface area contributed by atoms with E-state index >= 15 is 4.79 Å². The fraction of sp³-hybridized carbons (Fsp3) is 0.348. The minimum Gasteiger partial charge on any atom is -0.504 e. The van der Waals surface area contributed by atoms with Gasteiger partial charge in [-0.05, 0) is 104 Å². The lowest BCUT2D eigenvalue weighted by Crippen LogP contribution is -2.53. The number of phenols is 1. The number of carbonyl (C=O) groups excluding carboxylic acids is 4. The number of amides is 4. The average Bonchev–Trinajstić information content (AvgIpc) is 3.61. The van der Waals surface area contributed by atoms with Crippen LogP contribution < -0.4 is 10.2 Å². The van der Waals surface area contributed by atoms with Gasteiger partial charge in [0.2, 0.25) is 11.8 Å². The number of benzene rings is 4. The maximum absolute atomic E-state index is 15.4. The van der Waals surface area contributed by atoms with Crippen molar-refractivity contribution in [3.63, 3.8) is 0 Å². The number of rotatable bonds is 9. The number of phenolic OH excluding ortho intramolecular Hbond substituents is 1. The number of nitrogens with one attached hydrogen (secondary N) is 1. The summed E-state index contributed by atoms with van der Waals surface area (Å²) in [5.74, 6) is -5.39.